The molecule has 0 aromatic carbocycles. The van der Waals surface area contributed by atoms with Crippen molar-refractivity contribution in [3.05, 3.63) is 54.0 Å². The summed E-state index contributed by atoms with van der Waals surface area (Å²) in [5.74, 6) is 1.25. The van der Waals surface area contributed by atoms with Crippen LogP contribution in [-0.2, 0) is 11.2 Å². The number of hydrogen-bond donors (Lipinski definition) is 0. The van der Waals surface area contributed by atoms with Gasteiger partial charge in [0.05, 0.1) is 0 Å². The van der Waals surface area contributed by atoms with E-state index in [-0.39, 0.29) is 17.1 Å². The van der Waals surface area contributed by atoms with Crippen LogP contribution in [0.1, 0.15) is 48.7 Å². The Hall–Kier alpha value is -2.76. The van der Waals surface area contributed by atoms with Crippen molar-refractivity contribution in [3.63, 3.8) is 0 Å². The lowest BCUT2D eigenvalue weighted by Crippen LogP contribution is -2.52. The van der Waals surface area contributed by atoms with Crippen LogP contribution in [0.3, 0.4) is 0 Å². The molecular formula is C23H28N4O2. The van der Waals surface area contributed by atoms with Crippen LogP contribution in [0, 0.1) is 5.41 Å². The number of amides is 1. The van der Waals surface area contributed by atoms with E-state index in [0.717, 1.165) is 63.4 Å². The van der Waals surface area contributed by atoms with Crippen LogP contribution in [0.15, 0.2) is 42.7 Å². The maximum absolute atomic E-state index is 12.5. The van der Waals surface area contributed by atoms with Gasteiger partial charge in [0.15, 0.2) is 5.78 Å². The number of hydrogen-bond acceptors (Lipinski definition) is 5. The second-order valence-electron chi connectivity index (χ2n) is 8.33. The number of likely N-dealkylation sites (tertiary alicyclic amines) is 1. The fourth-order valence-corrected chi connectivity index (χ4v) is 4.50. The van der Waals surface area contributed by atoms with Crippen LogP contribution in [0.2, 0.25) is 0 Å². The average molecular weight is 393 g/mol. The quantitative estimate of drug-likeness (QED) is 0.732. The van der Waals surface area contributed by atoms with Crippen LogP contribution in [0.25, 0.3) is 0 Å². The van der Waals surface area contributed by atoms with Crippen molar-refractivity contribution in [2.24, 2.45) is 5.41 Å². The van der Waals surface area contributed by atoms with Crippen LogP contribution in [0.4, 0.5) is 5.82 Å². The van der Waals surface area contributed by atoms with Crippen molar-refractivity contribution in [3.8, 4) is 0 Å². The highest BCUT2D eigenvalue weighted by Crippen LogP contribution is 2.41. The summed E-state index contributed by atoms with van der Waals surface area (Å²) in [4.78, 5) is 37.1. The van der Waals surface area contributed by atoms with Crippen LogP contribution >= 0.6 is 0 Å². The molecule has 0 radical (unpaired) electrons. The zero-order valence-electron chi connectivity index (χ0n) is 17.0. The van der Waals surface area contributed by atoms with Crippen LogP contribution in [-0.4, -0.2) is 52.7 Å². The fraction of sp³-hybridized carbons (Fsp3) is 0.478. The SMILES string of the molecule is CC(=O)c1ccc(N2CCC3(CCC(=O)N(CCc4ccccn4)C3)CC2)nc1. The maximum Gasteiger partial charge on any atom is 0.222 e. The summed E-state index contributed by atoms with van der Waals surface area (Å²) in [7, 11) is 0. The van der Waals surface area contributed by atoms with E-state index in [1.54, 1.807) is 13.1 Å². The van der Waals surface area contributed by atoms with Crippen molar-refractivity contribution in [1.82, 2.24) is 14.9 Å². The molecule has 6 nitrogen and oxygen atoms in total. The van der Waals surface area contributed by atoms with E-state index < -0.39 is 0 Å². The first-order chi connectivity index (χ1) is 14.0. The second-order valence-corrected chi connectivity index (χ2v) is 8.33. The molecule has 2 aliphatic rings. The molecule has 1 spiro atoms. The van der Waals surface area contributed by atoms with Crippen molar-refractivity contribution < 1.29 is 9.59 Å². The molecule has 2 saturated heterocycles. The lowest BCUT2D eigenvalue weighted by molar-refractivity contribution is -0.138. The molecule has 4 rings (SSSR count). The summed E-state index contributed by atoms with van der Waals surface area (Å²) in [6.07, 6.45) is 8.04. The Morgan fingerprint density at radius 1 is 1.10 bits per heavy atom. The second kappa shape index (κ2) is 8.31. The molecule has 29 heavy (non-hydrogen) atoms. The summed E-state index contributed by atoms with van der Waals surface area (Å²) in [5.41, 5.74) is 1.90. The van der Waals surface area contributed by atoms with Gasteiger partial charge in [0, 0.05) is 62.7 Å². The Kier molecular flexibility index (Phi) is 5.60. The van der Waals surface area contributed by atoms with Gasteiger partial charge in [-0.3, -0.25) is 14.6 Å². The van der Waals surface area contributed by atoms with Gasteiger partial charge >= 0.3 is 0 Å². The Morgan fingerprint density at radius 3 is 2.59 bits per heavy atom. The first-order valence-electron chi connectivity index (χ1n) is 10.4. The topological polar surface area (TPSA) is 66.4 Å². The zero-order valence-corrected chi connectivity index (χ0v) is 17.0. The Morgan fingerprint density at radius 2 is 1.93 bits per heavy atom. The number of piperidine rings is 2. The average Bonchev–Trinajstić information content (AvgIpc) is 2.76. The number of pyridine rings is 2. The molecule has 0 N–H and O–H groups in total. The lowest BCUT2D eigenvalue weighted by atomic mass is 9.72. The van der Waals surface area contributed by atoms with E-state index in [0.29, 0.717) is 12.0 Å². The number of rotatable bonds is 5. The highest BCUT2D eigenvalue weighted by atomic mass is 16.2. The van der Waals surface area contributed by atoms with Gasteiger partial charge in [-0.2, -0.15) is 0 Å². The number of anilines is 1. The Labute approximate surface area is 172 Å². The number of carbonyl (C=O) groups is 2. The first-order valence-corrected chi connectivity index (χ1v) is 10.4. The first kappa shape index (κ1) is 19.6. The largest absolute Gasteiger partial charge is 0.357 e. The zero-order chi connectivity index (χ0) is 20.3. The molecule has 0 bridgehead atoms. The maximum atomic E-state index is 12.5. The predicted molar refractivity (Wildman–Crippen MR) is 112 cm³/mol. The molecular weight excluding hydrogens is 364 g/mol. The lowest BCUT2D eigenvalue weighted by Gasteiger charge is -2.47. The van der Waals surface area contributed by atoms with Gasteiger partial charge in [-0.05, 0) is 55.9 Å². The van der Waals surface area contributed by atoms with Gasteiger partial charge in [0.25, 0.3) is 0 Å². The third-order valence-electron chi connectivity index (χ3n) is 6.41. The molecule has 2 fully saturated rings. The molecule has 0 saturated carbocycles. The number of Topliss-reactive ketones (excluding diaryl/α,β-unsaturated/α-hetero) is 1. The van der Waals surface area contributed by atoms with Crippen LogP contribution in [0.5, 0.6) is 0 Å². The predicted octanol–water partition coefficient (Wildman–Crippen LogP) is 3.13. The highest BCUT2D eigenvalue weighted by Gasteiger charge is 2.41. The van der Waals surface area contributed by atoms with Gasteiger partial charge in [-0.1, -0.05) is 6.07 Å². The minimum atomic E-state index is 0.0410. The van der Waals surface area contributed by atoms with E-state index in [9.17, 15) is 9.59 Å². The standard InChI is InChI=1S/C23H28N4O2/c1-18(28)19-5-6-21(25-16-19)26-14-10-23(11-15-26)9-7-22(29)27(17-23)13-8-20-4-2-3-12-24-20/h2-6,12,16H,7-11,13-15,17H2,1H3. The molecule has 152 valence electrons. The van der Waals surface area contributed by atoms with Gasteiger partial charge in [-0.15, -0.1) is 0 Å². The Bertz CT molecular complexity index is 858. The van der Waals surface area contributed by atoms with E-state index in [1.165, 1.54) is 0 Å². The van der Waals surface area contributed by atoms with Gasteiger partial charge in [0.2, 0.25) is 5.91 Å². The summed E-state index contributed by atoms with van der Waals surface area (Å²) in [6.45, 7) is 5.03. The summed E-state index contributed by atoms with van der Waals surface area (Å²) < 4.78 is 0. The summed E-state index contributed by atoms with van der Waals surface area (Å²) in [5, 5.41) is 0. The minimum absolute atomic E-state index is 0.0410. The molecule has 6 heteroatoms. The summed E-state index contributed by atoms with van der Waals surface area (Å²) >= 11 is 0. The number of carbonyl (C=O) groups excluding carboxylic acids is 2. The highest BCUT2D eigenvalue weighted by molar-refractivity contribution is 5.93. The van der Waals surface area contributed by atoms with Gasteiger partial charge < -0.3 is 9.80 Å². The molecule has 2 aliphatic heterocycles. The van der Waals surface area contributed by atoms with Crippen molar-refractivity contribution in [2.75, 3.05) is 31.1 Å². The van der Waals surface area contributed by atoms with E-state index >= 15 is 0 Å². The number of ketones is 1. The van der Waals surface area contributed by atoms with Crippen molar-refractivity contribution in [2.45, 2.75) is 39.0 Å². The molecule has 0 aliphatic carbocycles. The third-order valence-corrected chi connectivity index (χ3v) is 6.41. The third kappa shape index (κ3) is 4.47. The Balaban J connectivity index is 1.35. The monoisotopic (exact) mass is 392 g/mol. The van der Waals surface area contributed by atoms with E-state index in [1.807, 2.05) is 41.4 Å². The fourth-order valence-electron chi connectivity index (χ4n) is 4.50. The molecule has 2 aromatic heterocycles. The van der Waals surface area contributed by atoms with Gasteiger partial charge in [0.1, 0.15) is 5.82 Å². The molecule has 0 unspecified atom stereocenters. The van der Waals surface area contributed by atoms with Crippen LogP contribution < -0.4 is 4.90 Å². The minimum Gasteiger partial charge on any atom is -0.357 e. The van der Waals surface area contributed by atoms with Crippen molar-refractivity contribution in [1.29, 1.82) is 0 Å². The van der Waals surface area contributed by atoms with E-state index in [4.69, 9.17) is 0 Å². The van der Waals surface area contributed by atoms with Gasteiger partial charge in [-0.25, -0.2) is 4.98 Å². The number of aromatic nitrogens is 2. The van der Waals surface area contributed by atoms with E-state index in [2.05, 4.69) is 14.9 Å². The smallest absolute Gasteiger partial charge is 0.222 e. The molecule has 1 amide bonds. The summed E-state index contributed by atoms with van der Waals surface area (Å²) in [6, 6.07) is 9.73. The number of nitrogens with zero attached hydrogens (tertiary/aromatic N) is 4. The van der Waals surface area contributed by atoms with Crippen molar-refractivity contribution >= 4 is 17.5 Å². The molecule has 0 atom stereocenters. The molecule has 4 heterocycles. The molecule has 2 aromatic rings. The normalized spacial score (nSPS) is 18.9.